The zero-order valence-corrected chi connectivity index (χ0v) is 14.8. The smallest absolute Gasteiger partial charge is 0.269 e. The van der Waals surface area contributed by atoms with Gasteiger partial charge in [-0.15, -0.1) is 0 Å². The Balaban J connectivity index is 2.25. The van der Waals surface area contributed by atoms with Crippen LogP contribution in [0.4, 0.5) is 11.4 Å². The standard InChI is InChI=1S/C17H18N2O5S/c1-11-5-4-6-16(12(11)2)18-17(20)13(3)25(23,24)15-9-7-14(8-10-15)19(21)22/h4-10,13H,1-3H3,(H,18,20)/t13-/m1/s1. The van der Waals surface area contributed by atoms with Gasteiger partial charge >= 0.3 is 0 Å². The van der Waals surface area contributed by atoms with Gasteiger partial charge in [0.05, 0.1) is 9.82 Å². The first-order valence-corrected chi connectivity index (χ1v) is 9.04. The quantitative estimate of drug-likeness (QED) is 0.650. The number of nitrogens with one attached hydrogen (secondary N) is 1. The Hall–Kier alpha value is -2.74. The molecule has 0 saturated carbocycles. The Bertz CT molecular complexity index is 921. The minimum Gasteiger partial charge on any atom is -0.325 e. The van der Waals surface area contributed by atoms with E-state index in [0.29, 0.717) is 5.69 Å². The van der Waals surface area contributed by atoms with Gasteiger partial charge in [0, 0.05) is 17.8 Å². The molecule has 0 aromatic heterocycles. The van der Waals surface area contributed by atoms with E-state index < -0.39 is 25.9 Å². The molecule has 0 saturated heterocycles. The molecule has 132 valence electrons. The molecule has 0 radical (unpaired) electrons. The van der Waals surface area contributed by atoms with Gasteiger partial charge in [0.2, 0.25) is 5.91 Å². The highest BCUT2D eigenvalue weighted by atomic mass is 32.2. The number of non-ortho nitro benzene ring substituents is 1. The lowest BCUT2D eigenvalue weighted by Gasteiger charge is -2.15. The van der Waals surface area contributed by atoms with E-state index >= 15 is 0 Å². The van der Waals surface area contributed by atoms with E-state index in [1.165, 1.54) is 6.92 Å². The molecule has 0 heterocycles. The average molecular weight is 362 g/mol. The Labute approximate surface area is 145 Å². The summed E-state index contributed by atoms with van der Waals surface area (Å²) >= 11 is 0. The number of carbonyl (C=O) groups excluding carboxylic acids is 1. The maximum atomic E-state index is 12.6. The number of amides is 1. The van der Waals surface area contributed by atoms with Crippen molar-refractivity contribution in [1.29, 1.82) is 0 Å². The van der Waals surface area contributed by atoms with Gasteiger partial charge in [-0.2, -0.15) is 0 Å². The molecule has 1 amide bonds. The van der Waals surface area contributed by atoms with Crippen molar-refractivity contribution in [2.24, 2.45) is 0 Å². The molecule has 1 atom stereocenters. The Morgan fingerprint density at radius 1 is 1.12 bits per heavy atom. The predicted octanol–water partition coefficient (Wildman–Crippen LogP) is 3.01. The first-order valence-electron chi connectivity index (χ1n) is 7.50. The predicted molar refractivity (Wildman–Crippen MR) is 94.3 cm³/mol. The lowest BCUT2D eigenvalue weighted by molar-refractivity contribution is -0.384. The van der Waals surface area contributed by atoms with Crippen LogP contribution in [0.1, 0.15) is 18.1 Å². The van der Waals surface area contributed by atoms with Crippen molar-refractivity contribution in [2.75, 3.05) is 5.32 Å². The van der Waals surface area contributed by atoms with Crippen LogP contribution in [0.15, 0.2) is 47.4 Å². The lowest BCUT2D eigenvalue weighted by atomic mass is 10.1. The fourth-order valence-corrected chi connectivity index (χ4v) is 3.49. The minimum absolute atomic E-state index is 0.137. The van der Waals surface area contributed by atoms with E-state index in [0.717, 1.165) is 35.4 Å². The summed E-state index contributed by atoms with van der Waals surface area (Å²) < 4.78 is 25.1. The van der Waals surface area contributed by atoms with Crippen LogP contribution in [-0.2, 0) is 14.6 Å². The van der Waals surface area contributed by atoms with Gasteiger partial charge in [0.1, 0.15) is 5.25 Å². The van der Waals surface area contributed by atoms with Gasteiger partial charge < -0.3 is 5.32 Å². The highest BCUT2D eigenvalue weighted by Gasteiger charge is 2.30. The third-order valence-electron chi connectivity index (χ3n) is 4.07. The zero-order chi connectivity index (χ0) is 18.8. The van der Waals surface area contributed by atoms with E-state index in [1.54, 1.807) is 12.1 Å². The largest absolute Gasteiger partial charge is 0.325 e. The highest BCUT2D eigenvalue weighted by Crippen LogP contribution is 2.22. The molecular weight excluding hydrogens is 344 g/mol. The van der Waals surface area contributed by atoms with Gasteiger partial charge in [0.25, 0.3) is 5.69 Å². The summed E-state index contributed by atoms with van der Waals surface area (Å²) in [7, 11) is -3.96. The fraction of sp³-hybridized carbons (Fsp3) is 0.235. The molecule has 0 bridgehead atoms. The third kappa shape index (κ3) is 3.85. The summed E-state index contributed by atoms with van der Waals surface area (Å²) in [5.41, 5.74) is 2.17. The van der Waals surface area contributed by atoms with Crippen LogP contribution >= 0.6 is 0 Å². The van der Waals surface area contributed by atoms with E-state index in [2.05, 4.69) is 5.32 Å². The second-order valence-corrected chi connectivity index (χ2v) is 7.94. The maximum Gasteiger partial charge on any atom is 0.269 e. The molecule has 2 aromatic carbocycles. The molecule has 1 N–H and O–H groups in total. The van der Waals surface area contributed by atoms with E-state index in [-0.39, 0.29) is 10.6 Å². The van der Waals surface area contributed by atoms with Gasteiger partial charge in [-0.05, 0) is 50.1 Å². The van der Waals surface area contributed by atoms with Gasteiger partial charge in [-0.3, -0.25) is 14.9 Å². The summed E-state index contributed by atoms with van der Waals surface area (Å²) in [6.07, 6.45) is 0. The van der Waals surface area contributed by atoms with Gasteiger partial charge in [-0.1, -0.05) is 12.1 Å². The van der Waals surface area contributed by atoms with Crippen molar-refractivity contribution in [3.05, 3.63) is 63.7 Å². The molecule has 25 heavy (non-hydrogen) atoms. The molecule has 7 nitrogen and oxygen atoms in total. The van der Waals surface area contributed by atoms with Crippen LogP contribution in [0.2, 0.25) is 0 Å². The first-order chi connectivity index (χ1) is 11.6. The second-order valence-electron chi connectivity index (χ2n) is 5.67. The number of carbonyl (C=O) groups is 1. The topological polar surface area (TPSA) is 106 Å². The Morgan fingerprint density at radius 2 is 1.72 bits per heavy atom. The monoisotopic (exact) mass is 362 g/mol. The van der Waals surface area contributed by atoms with E-state index in [1.807, 2.05) is 19.9 Å². The van der Waals surface area contributed by atoms with Crippen LogP contribution in [-0.4, -0.2) is 24.5 Å². The fourth-order valence-electron chi connectivity index (χ4n) is 2.22. The second kappa shape index (κ2) is 7.02. The van der Waals surface area contributed by atoms with Gasteiger partial charge in [0.15, 0.2) is 9.84 Å². The van der Waals surface area contributed by atoms with Gasteiger partial charge in [-0.25, -0.2) is 8.42 Å². The lowest BCUT2D eigenvalue weighted by Crippen LogP contribution is -2.32. The number of nitrogens with zero attached hydrogens (tertiary/aromatic N) is 1. The molecule has 0 spiro atoms. The summed E-state index contributed by atoms with van der Waals surface area (Å²) in [5, 5.41) is 11.9. The molecule has 2 rings (SSSR count). The molecule has 0 fully saturated rings. The van der Waals surface area contributed by atoms with E-state index in [4.69, 9.17) is 0 Å². The average Bonchev–Trinajstić information content (AvgIpc) is 2.58. The third-order valence-corrected chi connectivity index (χ3v) is 6.15. The highest BCUT2D eigenvalue weighted by molar-refractivity contribution is 7.92. The SMILES string of the molecule is Cc1cccc(NC(=O)[C@@H](C)S(=O)(=O)c2ccc([N+](=O)[O-])cc2)c1C. The minimum atomic E-state index is -3.96. The van der Waals surface area contributed by atoms with Crippen molar-refractivity contribution >= 4 is 27.1 Å². The normalized spacial score (nSPS) is 12.4. The van der Waals surface area contributed by atoms with Crippen LogP contribution < -0.4 is 5.32 Å². The summed E-state index contributed by atoms with van der Waals surface area (Å²) in [6.45, 7) is 5.01. The number of sulfone groups is 1. The number of hydrogen-bond donors (Lipinski definition) is 1. The molecule has 0 aliphatic carbocycles. The number of hydrogen-bond acceptors (Lipinski definition) is 5. The number of benzene rings is 2. The van der Waals surface area contributed by atoms with Crippen molar-refractivity contribution in [2.45, 2.75) is 30.9 Å². The zero-order valence-electron chi connectivity index (χ0n) is 14.0. The Kier molecular flexibility index (Phi) is 5.22. The number of nitro benzene ring substituents is 1. The number of anilines is 1. The van der Waals surface area contributed by atoms with Crippen molar-refractivity contribution in [3.63, 3.8) is 0 Å². The number of aryl methyl sites for hydroxylation is 1. The first kappa shape index (κ1) is 18.6. The van der Waals surface area contributed by atoms with Crippen LogP contribution in [0.3, 0.4) is 0 Å². The summed E-state index contributed by atoms with van der Waals surface area (Å²) in [4.78, 5) is 22.3. The van der Waals surface area contributed by atoms with E-state index in [9.17, 15) is 23.3 Å². The molecule has 0 unspecified atom stereocenters. The molecule has 2 aromatic rings. The molecule has 0 aliphatic heterocycles. The molecule has 8 heteroatoms. The van der Waals surface area contributed by atoms with Crippen LogP contribution in [0, 0.1) is 24.0 Å². The van der Waals surface area contributed by atoms with Crippen molar-refractivity contribution in [3.8, 4) is 0 Å². The number of nitro groups is 1. The molecular formula is C17H18N2O5S. The summed E-state index contributed by atoms with van der Waals surface area (Å²) in [6, 6.07) is 9.83. The summed E-state index contributed by atoms with van der Waals surface area (Å²) in [5.74, 6) is -0.660. The Morgan fingerprint density at radius 3 is 2.28 bits per heavy atom. The molecule has 0 aliphatic rings. The van der Waals surface area contributed by atoms with Crippen LogP contribution in [0.5, 0.6) is 0 Å². The number of rotatable bonds is 5. The van der Waals surface area contributed by atoms with Crippen molar-refractivity contribution < 1.29 is 18.1 Å². The van der Waals surface area contributed by atoms with Crippen LogP contribution in [0.25, 0.3) is 0 Å². The maximum absolute atomic E-state index is 12.6. The van der Waals surface area contributed by atoms with Crippen molar-refractivity contribution in [1.82, 2.24) is 0 Å².